The molecule has 0 aromatic rings. The van der Waals surface area contributed by atoms with Crippen LogP contribution in [0.1, 0.15) is 122 Å². The number of aliphatic hydroxyl groups is 1. The molecule has 0 aromatic heterocycles. The van der Waals surface area contributed by atoms with Crippen molar-refractivity contribution >= 4 is 5.97 Å². The first-order chi connectivity index (χ1) is 13.9. The van der Waals surface area contributed by atoms with E-state index in [0.717, 1.165) is 49.7 Å². The molecule has 1 unspecified atom stereocenters. The summed E-state index contributed by atoms with van der Waals surface area (Å²) in [7, 11) is 4.47. The Labute approximate surface area is 181 Å². The lowest BCUT2D eigenvalue weighted by Gasteiger charge is -2.32. The van der Waals surface area contributed by atoms with Crippen molar-refractivity contribution in [3.8, 4) is 0 Å². The number of quaternary nitrogens is 1. The Morgan fingerprint density at radius 2 is 1.21 bits per heavy atom. The van der Waals surface area contributed by atoms with Gasteiger partial charge >= 0.3 is 0 Å². The van der Waals surface area contributed by atoms with Gasteiger partial charge in [-0.15, -0.1) is 0 Å². The molecule has 4 nitrogen and oxygen atoms in total. The molecule has 29 heavy (non-hydrogen) atoms. The summed E-state index contributed by atoms with van der Waals surface area (Å²) in [6, 6.07) is 0. The number of hydrogen-bond donors (Lipinski definition) is 1. The molecule has 0 aliphatic carbocycles. The number of aliphatic hydroxyl groups excluding tert-OH is 1. The van der Waals surface area contributed by atoms with Crippen LogP contribution < -0.4 is 5.11 Å². The number of carboxylic acid groups (broad SMARTS) is 1. The number of carboxylic acids is 1. The van der Waals surface area contributed by atoms with Crippen LogP contribution in [0.2, 0.25) is 0 Å². The second kappa shape index (κ2) is 19.4. The van der Waals surface area contributed by atoms with Gasteiger partial charge in [-0.2, -0.15) is 0 Å². The fourth-order valence-corrected chi connectivity index (χ4v) is 4.14. The molecule has 4 heteroatoms. The number of unbranched alkanes of at least 4 members (excludes halogenated alkanes) is 14. The van der Waals surface area contributed by atoms with E-state index in [2.05, 4.69) is 21.0 Å². The van der Waals surface area contributed by atoms with Crippen LogP contribution in [0, 0.1) is 0 Å². The van der Waals surface area contributed by atoms with E-state index in [-0.39, 0.29) is 12.5 Å². The molecule has 0 aromatic carbocycles. The maximum Gasteiger partial charge on any atom is 0.105 e. The molecular formula is C25H51NO3. The number of carbonyl (C=O) groups excluding carboxylic acids is 1. The monoisotopic (exact) mass is 413 g/mol. The standard InChI is InChI=1S/C25H51NO3/c1-4-5-6-7-8-9-11-14-17-20-24(27)23-26(2,3)22-19-16-13-10-12-15-18-21-25(28)29/h24,27H,4-23H2,1-3H3. The van der Waals surface area contributed by atoms with Crippen molar-refractivity contribution < 1.29 is 19.5 Å². The molecule has 1 N–H and O–H groups in total. The van der Waals surface area contributed by atoms with E-state index >= 15 is 0 Å². The van der Waals surface area contributed by atoms with Crippen LogP contribution in [-0.4, -0.2) is 48.8 Å². The first kappa shape index (κ1) is 28.4. The van der Waals surface area contributed by atoms with Crippen LogP contribution in [0.15, 0.2) is 0 Å². The largest absolute Gasteiger partial charge is 0.550 e. The molecule has 174 valence electrons. The van der Waals surface area contributed by atoms with Crippen LogP contribution in [0.3, 0.4) is 0 Å². The second-order valence-electron chi connectivity index (χ2n) is 9.71. The number of hydrogen-bond acceptors (Lipinski definition) is 3. The molecule has 0 amide bonds. The van der Waals surface area contributed by atoms with Crippen LogP contribution in [0.4, 0.5) is 0 Å². The van der Waals surface area contributed by atoms with Crippen molar-refractivity contribution in [3.05, 3.63) is 0 Å². The third-order valence-corrected chi connectivity index (χ3v) is 5.99. The van der Waals surface area contributed by atoms with E-state index in [1.165, 1.54) is 77.0 Å². The van der Waals surface area contributed by atoms with Gasteiger partial charge in [0.05, 0.1) is 20.6 Å². The van der Waals surface area contributed by atoms with Crippen LogP contribution in [0.25, 0.3) is 0 Å². The predicted octanol–water partition coefficient (Wildman–Crippen LogP) is 5.22. The maximum absolute atomic E-state index is 10.4. The minimum atomic E-state index is -0.926. The van der Waals surface area contributed by atoms with Gasteiger partial charge < -0.3 is 19.5 Å². The molecule has 0 saturated carbocycles. The van der Waals surface area contributed by atoms with E-state index in [1.54, 1.807) is 0 Å². The quantitative estimate of drug-likeness (QED) is 0.196. The zero-order valence-electron chi connectivity index (χ0n) is 19.9. The van der Waals surface area contributed by atoms with E-state index < -0.39 is 5.97 Å². The molecule has 0 heterocycles. The SMILES string of the molecule is CCCCCCCCCCCC(O)C[N+](C)(C)CCCCCCCCCC(=O)[O-]. The van der Waals surface area contributed by atoms with Gasteiger partial charge in [-0.05, 0) is 32.1 Å². The Morgan fingerprint density at radius 1 is 0.759 bits per heavy atom. The first-order valence-corrected chi connectivity index (χ1v) is 12.6. The summed E-state index contributed by atoms with van der Waals surface area (Å²) in [5, 5.41) is 20.7. The Hall–Kier alpha value is -0.610. The molecule has 1 atom stereocenters. The van der Waals surface area contributed by atoms with Gasteiger partial charge in [0.25, 0.3) is 0 Å². The van der Waals surface area contributed by atoms with Crippen molar-refractivity contribution in [3.63, 3.8) is 0 Å². The number of likely N-dealkylation sites (N-methyl/N-ethyl adjacent to an activating group) is 1. The highest BCUT2D eigenvalue weighted by Crippen LogP contribution is 2.14. The Morgan fingerprint density at radius 3 is 1.72 bits per heavy atom. The summed E-state index contributed by atoms with van der Waals surface area (Å²) < 4.78 is 0.907. The number of carbonyl (C=O) groups is 1. The Balaban J connectivity index is 3.51. The van der Waals surface area contributed by atoms with Gasteiger partial charge in [-0.1, -0.05) is 90.4 Å². The number of nitrogens with zero attached hydrogens (tertiary/aromatic N) is 1. The maximum atomic E-state index is 10.4. The molecule has 0 saturated heterocycles. The van der Waals surface area contributed by atoms with Crippen LogP contribution in [-0.2, 0) is 4.79 Å². The van der Waals surface area contributed by atoms with Crippen LogP contribution >= 0.6 is 0 Å². The third kappa shape index (κ3) is 21.9. The fraction of sp³-hybridized carbons (Fsp3) is 0.960. The van der Waals surface area contributed by atoms with E-state index in [9.17, 15) is 15.0 Å². The summed E-state index contributed by atoms with van der Waals surface area (Å²) in [6.45, 7) is 4.25. The zero-order valence-corrected chi connectivity index (χ0v) is 19.9. The molecule has 0 aliphatic heterocycles. The van der Waals surface area contributed by atoms with Crippen molar-refractivity contribution in [1.29, 1.82) is 0 Å². The van der Waals surface area contributed by atoms with Crippen LogP contribution in [0.5, 0.6) is 0 Å². The molecule has 0 fully saturated rings. The lowest BCUT2D eigenvalue weighted by molar-refractivity contribution is -0.893. The van der Waals surface area contributed by atoms with E-state index in [1.807, 2.05) is 0 Å². The molecule has 0 rings (SSSR count). The normalized spacial score (nSPS) is 13.0. The van der Waals surface area contributed by atoms with E-state index in [4.69, 9.17) is 0 Å². The zero-order chi connectivity index (χ0) is 21.8. The minimum Gasteiger partial charge on any atom is -0.550 e. The summed E-state index contributed by atoms with van der Waals surface area (Å²) in [5.41, 5.74) is 0. The summed E-state index contributed by atoms with van der Waals surface area (Å²) in [4.78, 5) is 10.4. The molecule has 0 aliphatic rings. The van der Waals surface area contributed by atoms with Crippen molar-refractivity contribution in [2.75, 3.05) is 27.2 Å². The first-order valence-electron chi connectivity index (χ1n) is 12.6. The van der Waals surface area contributed by atoms with Crippen molar-refractivity contribution in [2.24, 2.45) is 0 Å². The van der Waals surface area contributed by atoms with Crippen molar-refractivity contribution in [1.82, 2.24) is 0 Å². The fourth-order valence-electron chi connectivity index (χ4n) is 4.14. The lowest BCUT2D eigenvalue weighted by atomic mass is 10.0. The second-order valence-corrected chi connectivity index (χ2v) is 9.71. The average molecular weight is 414 g/mol. The molecule has 0 spiro atoms. The molecular weight excluding hydrogens is 362 g/mol. The van der Waals surface area contributed by atoms with Gasteiger partial charge in [0.15, 0.2) is 0 Å². The van der Waals surface area contributed by atoms with Gasteiger partial charge in [0, 0.05) is 5.97 Å². The highest BCUT2D eigenvalue weighted by Gasteiger charge is 2.19. The third-order valence-electron chi connectivity index (χ3n) is 5.99. The summed E-state index contributed by atoms with van der Waals surface area (Å²) in [5.74, 6) is -0.926. The highest BCUT2D eigenvalue weighted by molar-refractivity contribution is 5.63. The van der Waals surface area contributed by atoms with E-state index in [0.29, 0.717) is 0 Å². The minimum absolute atomic E-state index is 0.168. The lowest BCUT2D eigenvalue weighted by Crippen LogP contribution is -2.45. The Bertz CT molecular complexity index is 371. The molecule has 0 bridgehead atoms. The summed E-state index contributed by atoms with van der Waals surface area (Å²) >= 11 is 0. The summed E-state index contributed by atoms with van der Waals surface area (Å²) in [6.07, 6.45) is 20.7. The van der Waals surface area contributed by atoms with Gasteiger partial charge in [-0.3, -0.25) is 0 Å². The topological polar surface area (TPSA) is 60.4 Å². The Kier molecular flexibility index (Phi) is 19.0. The van der Waals surface area contributed by atoms with Gasteiger partial charge in [0.2, 0.25) is 0 Å². The predicted molar refractivity (Wildman–Crippen MR) is 122 cm³/mol. The van der Waals surface area contributed by atoms with Gasteiger partial charge in [-0.25, -0.2) is 0 Å². The number of rotatable bonds is 22. The number of aliphatic carboxylic acids is 1. The van der Waals surface area contributed by atoms with Gasteiger partial charge in [0.1, 0.15) is 12.6 Å². The highest BCUT2D eigenvalue weighted by atomic mass is 16.4. The average Bonchev–Trinajstić information content (AvgIpc) is 2.64. The van der Waals surface area contributed by atoms with Crippen molar-refractivity contribution in [2.45, 2.75) is 129 Å². The molecule has 0 radical (unpaired) electrons. The smallest absolute Gasteiger partial charge is 0.105 e.